The number of hydrogen-bond acceptors (Lipinski definition) is 2. The summed E-state index contributed by atoms with van der Waals surface area (Å²) in [5, 5.41) is 0. The van der Waals surface area contributed by atoms with E-state index in [2.05, 4.69) is 11.3 Å². The van der Waals surface area contributed by atoms with Crippen molar-refractivity contribution in [3.63, 3.8) is 0 Å². The van der Waals surface area contributed by atoms with Crippen molar-refractivity contribution in [2.75, 3.05) is 0 Å². The van der Waals surface area contributed by atoms with Crippen molar-refractivity contribution in [3.05, 3.63) is 71.8 Å². The molecular weight excluding hydrogens is 288 g/mol. The molecule has 4 heteroatoms. The predicted octanol–water partition coefficient (Wildman–Crippen LogP) is 5.11. The van der Waals surface area contributed by atoms with Gasteiger partial charge in [0.15, 0.2) is 0 Å². The molecule has 1 N–H and O–H groups in total. The van der Waals surface area contributed by atoms with Crippen molar-refractivity contribution in [2.24, 2.45) is 0 Å². The molecule has 2 aromatic rings. The highest BCUT2D eigenvalue weighted by Crippen LogP contribution is 2.37. The van der Waals surface area contributed by atoms with Crippen molar-refractivity contribution in [1.82, 2.24) is 4.72 Å². The van der Waals surface area contributed by atoms with Gasteiger partial charge in [-0.25, -0.2) is 8.78 Å². The lowest BCUT2D eigenvalue weighted by molar-refractivity contribution is 0.594. The lowest BCUT2D eigenvalue weighted by Crippen LogP contribution is -2.19. The van der Waals surface area contributed by atoms with E-state index in [-0.39, 0.29) is 17.7 Å². The van der Waals surface area contributed by atoms with Gasteiger partial charge in [-0.3, -0.25) is 4.72 Å². The van der Waals surface area contributed by atoms with Gasteiger partial charge in [-0.15, -0.1) is 0 Å². The maximum Gasteiger partial charge on any atom is 0.123 e. The fourth-order valence-corrected chi connectivity index (χ4v) is 3.31. The van der Waals surface area contributed by atoms with Crippen LogP contribution in [0.25, 0.3) is 5.57 Å². The third kappa shape index (κ3) is 3.17. The zero-order valence-electron chi connectivity index (χ0n) is 11.4. The Morgan fingerprint density at radius 1 is 1.05 bits per heavy atom. The molecule has 0 fully saturated rings. The van der Waals surface area contributed by atoms with Gasteiger partial charge in [0, 0.05) is 10.9 Å². The highest BCUT2D eigenvalue weighted by Gasteiger charge is 2.22. The van der Waals surface area contributed by atoms with Crippen LogP contribution in [-0.2, 0) is 0 Å². The molecule has 0 aliphatic heterocycles. The number of hydrogen-bond donors (Lipinski definition) is 1. The summed E-state index contributed by atoms with van der Waals surface area (Å²) in [6.07, 6.45) is 1.77. The molecule has 0 bridgehead atoms. The van der Waals surface area contributed by atoms with Gasteiger partial charge >= 0.3 is 0 Å². The van der Waals surface area contributed by atoms with Crippen LogP contribution >= 0.6 is 11.9 Å². The second kappa shape index (κ2) is 6.00. The molecule has 2 aromatic carbocycles. The van der Waals surface area contributed by atoms with E-state index < -0.39 is 0 Å². The fraction of sp³-hybridized carbons (Fsp3) is 0.176. The third-order valence-corrected chi connectivity index (χ3v) is 4.55. The first kappa shape index (κ1) is 14.3. The highest BCUT2D eigenvalue weighted by atomic mass is 32.2. The number of rotatable bonds is 3. The van der Waals surface area contributed by atoms with Crippen LogP contribution in [0.5, 0.6) is 0 Å². The Kier molecular flexibility index (Phi) is 4.08. The Labute approximate surface area is 127 Å². The Hall–Kier alpha value is -1.65. The summed E-state index contributed by atoms with van der Waals surface area (Å²) >= 11 is 1.46. The molecule has 1 aliphatic carbocycles. The maximum absolute atomic E-state index is 13.4. The minimum absolute atomic E-state index is 0.140. The average molecular weight is 303 g/mol. The van der Waals surface area contributed by atoms with Crippen LogP contribution < -0.4 is 4.72 Å². The minimum atomic E-state index is -0.242. The van der Waals surface area contributed by atoms with Gasteiger partial charge in [-0.05, 0) is 77.9 Å². The van der Waals surface area contributed by atoms with E-state index in [1.807, 2.05) is 6.07 Å². The van der Waals surface area contributed by atoms with E-state index in [4.69, 9.17) is 0 Å². The zero-order chi connectivity index (χ0) is 14.8. The second-order valence-corrected chi connectivity index (χ2v) is 6.01. The molecular formula is C17H15F2NS. The first-order chi connectivity index (χ1) is 10.1. The SMILES string of the molecule is C=C1CCC(NSc2ccc(F)cc2)c2ccc(F)cc21. The summed E-state index contributed by atoms with van der Waals surface area (Å²) in [6.45, 7) is 4.02. The molecule has 1 unspecified atom stereocenters. The van der Waals surface area contributed by atoms with E-state index >= 15 is 0 Å². The summed E-state index contributed by atoms with van der Waals surface area (Å²) in [6, 6.07) is 11.3. The summed E-state index contributed by atoms with van der Waals surface area (Å²) in [4.78, 5) is 0.949. The van der Waals surface area contributed by atoms with E-state index in [1.165, 1.54) is 30.1 Å². The molecule has 21 heavy (non-hydrogen) atoms. The van der Waals surface area contributed by atoms with Crippen LogP contribution in [0.2, 0.25) is 0 Å². The predicted molar refractivity (Wildman–Crippen MR) is 82.8 cm³/mol. The smallest absolute Gasteiger partial charge is 0.123 e. The molecule has 1 aliphatic rings. The van der Waals surface area contributed by atoms with Crippen LogP contribution in [0, 0.1) is 11.6 Å². The molecule has 0 aromatic heterocycles. The Morgan fingerprint density at radius 2 is 1.76 bits per heavy atom. The number of nitrogens with one attached hydrogen (secondary N) is 1. The van der Waals surface area contributed by atoms with Crippen molar-refractivity contribution in [1.29, 1.82) is 0 Å². The average Bonchev–Trinajstić information content (AvgIpc) is 2.49. The molecule has 0 spiro atoms. The highest BCUT2D eigenvalue weighted by molar-refractivity contribution is 7.97. The van der Waals surface area contributed by atoms with Crippen molar-refractivity contribution < 1.29 is 8.78 Å². The monoisotopic (exact) mass is 303 g/mol. The van der Waals surface area contributed by atoms with E-state index in [1.54, 1.807) is 18.2 Å². The minimum Gasteiger partial charge on any atom is -0.252 e. The Bertz CT molecular complexity index is 667. The first-order valence-electron chi connectivity index (χ1n) is 6.79. The number of benzene rings is 2. The number of allylic oxidation sites excluding steroid dienone is 1. The lowest BCUT2D eigenvalue weighted by Gasteiger charge is -2.27. The standard InChI is InChI=1S/C17H15F2NS/c1-11-2-9-17(15-8-5-13(19)10-16(11)15)20-21-14-6-3-12(18)4-7-14/h3-8,10,17,20H,1-2,9H2. The van der Waals surface area contributed by atoms with Gasteiger partial charge in [-0.2, -0.15) is 0 Å². The maximum atomic E-state index is 13.4. The van der Waals surface area contributed by atoms with Crippen LogP contribution in [0.1, 0.15) is 30.0 Å². The van der Waals surface area contributed by atoms with Gasteiger partial charge in [-0.1, -0.05) is 12.6 Å². The molecule has 3 rings (SSSR count). The second-order valence-electron chi connectivity index (χ2n) is 5.10. The molecule has 0 saturated heterocycles. The Morgan fingerprint density at radius 3 is 2.52 bits per heavy atom. The Balaban J connectivity index is 1.77. The van der Waals surface area contributed by atoms with Gasteiger partial charge < -0.3 is 0 Å². The summed E-state index contributed by atoms with van der Waals surface area (Å²) in [7, 11) is 0. The quantitative estimate of drug-likeness (QED) is 0.791. The molecule has 1 nitrogen and oxygen atoms in total. The lowest BCUT2D eigenvalue weighted by atomic mass is 9.85. The van der Waals surface area contributed by atoms with E-state index in [0.717, 1.165) is 34.4 Å². The van der Waals surface area contributed by atoms with Gasteiger partial charge in [0.1, 0.15) is 11.6 Å². The molecule has 1 atom stereocenters. The van der Waals surface area contributed by atoms with E-state index in [9.17, 15) is 8.78 Å². The van der Waals surface area contributed by atoms with Gasteiger partial charge in [0.2, 0.25) is 0 Å². The largest absolute Gasteiger partial charge is 0.252 e. The van der Waals surface area contributed by atoms with Crippen molar-refractivity contribution >= 4 is 17.5 Å². The van der Waals surface area contributed by atoms with Crippen LogP contribution in [-0.4, -0.2) is 0 Å². The normalized spacial score (nSPS) is 17.6. The fourth-order valence-electron chi connectivity index (χ4n) is 2.51. The summed E-state index contributed by atoms with van der Waals surface area (Å²) in [5.74, 6) is -0.476. The van der Waals surface area contributed by atoms with E-state index in [0.29, 0.717) is 0 Å². The van der Waals surface area contributed by atoms with Crippen molar-refractivity contribution in [3.8, 4) is 0 Å². The number of halogens is 2. The van der Waals surface area contributed by atoms with Crippen molar-refractivity contribution in [2.45, 2.75) is 23.8 Å². The van der Waals surface area contributed by atoms with Gasteiger partial charge in [0.05, 0.1) is 0 Å². The molecule has 108 valence electrons. The third-order valence-electron chi connectivity index (χ3n) is 3.64. The van der Waals surface area contributed by atoms with Crippen LogP contribution in [0.4, 0.5) is 8.78 Å². The molecule has 0 saturated carbocycles. The van der Waals surface area contributed by atoms with Crippen LogP contribution in [0.3, 0.4) is 0 Å². The molecule has 0 amide bonds. The summed E-state index contributed by atoms with van der Waals surface area (Å²) in [5.41, 5.74) is 2.95. The van der Waals surface area contributed by atoms with Crippen LogP contribution in [0.15, 0.2) is 53.9 Å². The molecule has 0 heterocycles. The number of fused-ring (bicyclic) bond motifs is 1. The topological polar surface area (TPSA) is 12.0 Å². The first-order valence-corrected chi connectivity index (χ1v) is 7.60. The molecule has 0 radical (unpaired) electrons. The van der Waals surface area contributed by atoms with Gasteiger partial charge in [0.25, 0.3) is 0 Å². The summed E-state index contributed by atoms with van der Waals surface area (Å²) < 4.78 is 29.7. The zero-order valence-corrected chi connectivity index (χ0v) is 12.2.